The molecule has 17 heavy (non-hydrogen) atoms. The molecule has 0 radical (unpaired) electrons. The molecule has 0 N–H and O–H groups in total. The largest absolute Gasteiger partial charge is 0.246 e. The summed E-state index contributed by atoms with van der Waals surface area (Å²) in [5.41, 5.74) is 0. The predicted octanol–water partition coefficient (Wildman–Crippen LogP) is 4.26. The molecule has 3 atom stereocenters. The number of allylic oxidation sites excluding steroid dienone is 1. The van der Waals surface area contributed by atoms with Crippen molar-refractivity contribution in [2.24, 2.45) is 23.7 Å². The Morgan fingerprint density at radius 1 is 1.06 bits per heavy atom. The quantitative estimate of drug-likeness (QED) is 0.656. The molecule has 2 fully saturated rings. The van der Waals surface area contributed by atoms with Crippen LogP contribution in [-0.4, -0.2) is 6.17 Å². The maximum Gasteiger partial charge on any atom is 0.116 e. The molecule has 0 aromatic rings. The maximum absolute atomic E-state index is 13.8. The highest BCUT2D eigenvalue weighted by Gasteiger charge is 2.35. The van der Waals surface area contributed by atoms with Crippen molar-refractivity contribution in [3.63, 3.8) is 0 Å². The highest BCUT2D eigenvalue weighted by atomic mass is 19.1. The Kier molecular flexibility index (Phi) is 4.20. The summed E-state index contributed by atoms with van der Waals surface area (Å²) in [5, 5.41) is 8.82. The van der Waals surface area contributed by atoms with Crippen molar-refractivity contribution in [3.8, 4) is 6.07 Å². The van der Waals surface area contributed by atoms with Crippen LogP contribution in [-0.2, 0) is 0 Å². The number of nitriles is 1. The Labute approximate surface area is 104 Å². The average molecular weight is 235 g/mol. The van der Waals surface area contributed by atoms with Crippen LogP contribution in [0.2, 0.25) is 0 Å². The van der Waals surface area contributed by atoms with E-state index in [0.29, 0.717) is 24.2 Å². The fourth-order valence-corrected chi connectivity index (χ4v) is 3.57. The summed E-state index contributed by atoms with van der Waals surface area (Å²) in [7, 11) is 0. The monoisotopic (exact) mass is 235 g/mol. The summed E-state index contributed by atoms with van der Waals surface area (Å²) in [4.78, 5) is 0. The van der Waals surface area contributed by atoms with Crippen molar-refractivity contribution in [2.45, 2.75) is 51.1 Å². The lowest BCUT2D eigenvalue weighted by molar-refractivity contribution is 0.100. The van der Waals surface area contributed by atoms with Gasteiger partial charge in [0.15, 0.2) is 0 Å². The molecule has 0 heterocycles. The molecule has 0 bridgehead atoms. The van der Waals surface area contributed by atoms with Crippen molar-refractivity contribution in [1.82, 2.24) is 0 Å². The van der Waals surface area contributed by atoms with Gasteiger partial charge in [0.05, 0.1) is 12.0 Å². The lowest BCUT2D eigenvalue weighted by Crippen LogP contribution is -2.31. The van der Waals surface area contributed by atoms with Gasteiger partial charge in [-0.15, -0.1) is 6.58 Å². The second kappa shape index (κ2) is 5.67. The van der Waals surface area contributed by atoms with Gasteiger partial charge in [0, 0.05) is 0 Å². The first-order chi connectivity index (χ1) is 8.24. The van der Waals surface area contributed by atoms with Crippen molar-refractivity contribution < 1.29 is 4.39 Å². The van der Waals surface area contributed by atoms with E-state index < -0.39 is 6.17 Å². The molecule has 3 unspecified atom stereocenters. The molecule has 0 aromatic heterocycles. The van der Waals surface area contributed by atoms with E-state index in [-0.39, 0.29) is 5.92 Å². The van der Waals surface area contributed by atoms with Crippen LogP contribution in [0.25, 0.3) is 0 Å². The van der Waals surface area contributed by atoms with Gasteiger partial charge in [0.1, 0.15) is 6.17 Å². The highest BCUT2D eigenvalue weighted by molar-refractivity contribution is 4.95. The van der Waals surface area contributed by atoms with Gasteiger partial charge < -0.3 is 0 Å². The summed E-state index contributed by atoms with van der Waals surface area (Å²) in [5.74, 6) is 1.57. The number of nitrogens with zero attached hydrogens (tertiary/aromatic N) is 1. The van der Waals surface area contributed by atoms with Gasteiger partial charge in [-0.05, 0) is 62.7 Å². The standard InChI is InChI=1S/C15H22FN/c1-2-11-3-5-12(6-4-11)13-7-8-14(10-17)15(16)9-13/h2,11-15H,1,3-9H2. The minimum absolute atomic E-state index is 0.337. The van der Waals surface area contributed by atoms with E-state index in [2.05, 4.69) is 18.7 Å². The Morgan fingerprint density at radius 3 is 2.24 bits per heavy atom. The van der Waals surface area contributed by atoms with Gasteiger partial charge in [0.2, 0.25) is 0 Å². The fourth-order valence-electron chi connectivity index (χ4n) is 3.57. The summed E-state index contributed by atoms with van der Waals surface area (Å²) in [6, 6.07) is 2.11. The maximum atomic E-state index is 13.8. The van der Waals surface area contributed by atoms with E-state index in [1.807, 2.05) is 0 Å². The molecule has 2 aliphatic carbocycles. The van der Waals surface area contributed by atoms with Crippen LogP contribution >= 0.6 is 0 Å². The SMILES string of the molecule is C=CC1CCC(C2CCC(C#N)C(F)C2)CC1. The molecular formula is C15H22FN. The van der Waals surface area contributed by atoms with Crippen LogP contribution in [0.5, 0.6) is 0 Å². The molecule has 0 aromatic carbocycles. The third kappa shape index (κ3) is 2.89. The van der Waals surface area contributed by atoms with Crippen LogP contribution in [0.15, 0.2) is 12.7 Å². The van der Waals surface area contributed by atoms with E-state index in [4.69, 9.17) is 5.26 Å². The Morgan fingerprint density at radius 2 is 1.71 bits per heavy atom. The minimum Gasteiger partial charge on any atom is -0.246 e. The second-order valence-corrected chi connectivity index (χ2v) is 5.74. The van der Waals surface area contributed by atoms with Crippen LogP contribution in [0.4, 0.5) is 4.39 Å². The third-order valence-corrected chi connectivity index (χ3v) is 4.80. The molecular weight excluding hydrogens is 213 g/mol. The zero-order valence-corrected chi connectivity index (χ0v) is 10.4. The Balaban J connectivity index is 1.84. The molecule has 2 aliphatic rings. The first-order valence-corrected chi connectivity index (χ1v) is 6.90. The lowest BCUT2D eigenvalue weighted by atomic mass is 9.69. The van der Waals surface area contributed by atoms with Gasteiger partial charge >= 0.3 is 0 Å². The normalized spacial score (nSPS) is 42.7. The lowest BCUT2D eigenvalue weighted by Gasteiger charge is -2.37. The Hall–Kier alpha value is -0.840. The first-order valence-electron chi connectivity index (χ1n) is 6.90. The van der Waals surface area contributed by atoms with E-state index >= 15 is 0 Å². The molecule has 2 heteroatoms. The van der Waals surface area contributed by atoms with E-state index in [0.717, 1.165) is 12.8 Å². The van der Waals surface area contributed by atoms with Crippen molar-refractivity contribution in [1.29, 1.82) is 5.26 Å². The average Bonchev–Trinajstić information content (AvgIpc) is 2.39. The Bertz CT molecular complexity index is 299. The van der Waals surface area contributed by atoms with Crippen LogP contribution in [0.1, 0.15) is 44.9 Å². The molecule has 0 amide bonds. The predicted molar refractivity (Wildman–Crippen MR) is 67.0 cm³/mol. The second-order valence-electron chi connectivity index (χ2n) is 5.74. The third-order valence-electron chi connectivity index (χ3n) is 4.80. The molecule has 0 saturated heterocycles. The first kappa shape index (κ1) is 12.6. The number of rotatable bonds is 2. The summed E-state index contributed by atoms with van der Waals surface area (Å²) >= 11 is 0. The summed E-state index contributed by atoms with van der Waals surface area (Å²) < 4.78 is 13.8. The molecule has 2 saturated carbocycles. The summed E-state index contributed by atoms with van der Waals surface area (Å²) in [6.45, 7) is 3.86. The smallest absolute Gasteiger partial charge is 0.116 e. The molecule has 0 spiro atoms. The topological polar surface area (TPSA) is 23.8 Å². The molecule has 1 nitrogen and oxygen atoms in total. The van der Waals surface area contributed by atoms with Crippen LogP contribution < -0.4 is 0 Å². The van der Waals surface area contributed by atoms with Crippen molar-refractivity contribution >= 4 is 0 Å². The number of hydrogen-bond acceptors (Lipinski definition) is 1. The zero-order chi connectivity index (χ0) is 12.3. The zero-order valence-electron chi connectivity index (χ0n) is 10.4. The number of halogens is 1. The minimum atomic E-state index is -0.879. The van der Waals surface area contributed by atoms with Gasteiger partial charge in [0.25, 0.3) is 0 Å². The van der Waals surface area contributed by atoms with Crippen molar-refractivity contribution in [2.75, 3.05) is 0 Å². The van der Waals surface area contributed by atoms with E-state index in [9.17, 15) is 4.39 Å². The highest BCUT2D eigenvalue weighted by Crippen LogP contribution is 2.42. The van der Waals surface area contributed by atoms with Crippen LogP contribution in [0.3, 0.4) is 0 Å². The number of alkyl halides is 1. The van der Waals surface area contributed by atoms with Gasteiger partial charge in [-0.2, -0.15) is 5.26 Å². The van der Waals surface area contributed by atoms with E-state index in [1.165, 1.54) is 25.7 Å². The molecule has 2 rings (SSSR count). The summed E-state index contributed by atoms with van der Waals surface area (Å²) in [6.07, 6.45) is 8.55. The van der Waals surface area contributed by atoms with Crippen LogP contribution in [0, 0.1) is 35.0 Å². The molecule has 94 valence electrons. The van der Waals surface area contributed by atoms with Gasteiger partial charge in [-0.1, -0.05) is 6.08 Å². The van der Waals surface area contributed by atoms with E-state index in [1.54, 1.807) is 0 Å². The fraction of sp³-hybridized carbons (Fsp3) is 0.800. The molecule has 0 aliphatic heterocycles. The van der Waals surface area contributed by atoms with Gasteiger partial charge in [-0.25, -0.2) is 4.39 Å². The van der Waals surface area contributed by atoms with Crippen molar-refractivity contribution in [3.05, 3.63) is 12.7 Å². The van der Waals surface area contributed by atoms with Gasteiger partial charge in [-0.3, -0.25) is 0 Å². The number of hydrogen-bond donors (Lipinski definition) is 0.